The monoisotopic (exact) mass is 368 g/mol. The van der Waals surface area contributed by atoms with Gasteiger partial charge in [-0.05, 0) is 12.1 Å². The Morgan fingerprint density at radius 1 is 1.24 bits per heavy atom. The molecule has 5 atom stereocenters. The summed E-state index contributed by atoms with van der Waals surface area (Å²) in [6.45, 7) is -0.176. The first-order valence-corrected chi connectivity index (χ1v) is 8.80. The van der Waals surface area contributed by atoms with Gasteiger partial charge in [-0.25, -0.2) is 4.79 Å². The molecule has 0 saturated carbocycles. The van der Waals surface area contributed by atoms with E-state index in [0.29, 0.717) is 17.2 Å². The summed E-state index contributed by atoms with van der Waals surface area (Å²) < 4.78 is 5.57. The van der Waals surface area contributed by atoms with E-state index < -0.39 is 42.5 Å². The molecule has 0 spiro atoms. The van der Waals surface area contributed by atoms with Crippen LogP contribution in [0.3, 0.4) is 0 Å². The van der Waals surface area contributed by atoms with Crippen molar-refractivity contribution >= 4 is 28.6 Å². The van der Waals surface area contributed by atoms with Gasteiger partial charge in [0.25, 0.3) is 0 Å². The third kappa shape index (κ3) is 3.80. The number of anilines is 1. The summed E-state index contributed by atoms with van der Waals surface area (Å²) >= 11 is 1.29. The van der Waals surface area contributed by atoms with Crippen LogP contribution in [0.2, 0.25) is 0 Å². The third-order valence-corrected chi connectivity index (χ3v) is 5.45. The van der Waals surface area contributed by atoms with Gasteiger partial charge in [-0.1, -0.05) is 30.0 Å². The van der Waals surface area contributed by atoms with E-state index in [9.17, 15) is 25.2 Å². The first kappa shape index (κ1) is 18.2. The number of benzene rings is 1. The van der Waals surface area contributed by atoms with Crippen molar-refractivity contribution in [3.8, 4) is 0 Å². The lowest BCUT2D eigenvalue weighted by Gasteiger charge is -2.37. The summed E-state index contributed by atoms with van der Waals surface area (Å²) in [5, 5.41) is 39.3. The highest BCUT2D eigenvalue weighted by Gasteiger charge is 2.47. The van der Waals surface area contributed by atoms with Crippen LogP contribution in [0.1, 0.15) is 6.42 Å². The normalized spacial score (nSPS) is 31.3. The largest absolute Gasteiger partial charge is 0.465 e. The molecule has 0 bridgehead atoms. The second-order valence-corrected chi connectivity index (χ2v) is 7.03. The van der Waals surface area contributed by atoms with Gasteiger partial charge in [0.05, 0.1) is 11.7 Å². The van der Waals surface area contributed by atoms with Gasteiger partial charge < -0.3 is 25.2 Å². The zero-order valence-corrected chi connectivity index (χ0v) is 14.1. The summed E-state index contributed by atoms with van der Waals surface area (Å²) in [4.78, 5) is 17.1. The number of thioether (sulfide) groups is 1. The number of fused-ring (bicyclic) bond motifs is 1. The molecule has 2 aliphatic rings. The van der Waals surface area contributed by atoms with Crippen LogP contribution in [0.4, 0.5) is 10.5 Å². The van der Waals surface area contributed by atoms with E-state index in [1.54, 1.807) is 24.3 Å². The summed E-state index contributed by atoms with van der Waals surface area (Å²) in [7, 11) is 0. The quantitative estimate of drug-likeness (QED) is 0.597. The number of carboxylic acid groups (broad SMARTS) is 1. The maximum Gasteiger partial charge on any atom is 0.411 e. The highest BCUT2D eigenvalue weighted by atomic mass is 32.2. The fraction of sp³-hybridized carbons (Fsp3) is 0.500. The smallest absolute Gasteiger partial charge is 0.411 e. The third-order valence-electron chi connectivity index (χ3n) is 4.24. The van der Waals surface area contributed by atoms with Crippen molar-refractivity contribution in [3.05, 3.63) is 30.3 Å². The van der Waals surface area contributed by atoms with E-state index in [-0.39, 0.29) is 6.54 Å². The Bertz CT molecular complexity index is 643. The second-order valence-electron chi connectivity index (χ2n) is 5.86. The molecule has 1 aromatic carbocycles. The number of rotatable bonds is 5. The Morgan fingerprint density at radius 3 is 2.60 bits per heavy atom. The average Bonchev–Trinajstić information content (AvgIpc) is 3.02. The zero-order chi connectivity index (χ0) is 18.0. The number of aliphatic hydroxyl groups excluding tert-OH is 3. The number of amides is 1. The lowest BCUT2D eigenvalue weighted by atomic mass is 9.99. The van der Waals surface area contributed by atoms with Crippen molar-refractivity contribution < 1.29 is 30.0 Å². The highest BCUT2D eigenvalue weighted by Crippen LogP contribution is 2.37. The van der Waals surface area contributed by atoms with Crippen LogP contribution in [0, 0.1) is 0 Å². The lowest BCUT2D eigenvalue weighted by molar-refractivity contribution is -0.164. The van der Waals surface area contributed by atoms with Crippen LogP contribution in [0.25, 0.3) is 0 Å². The zero-order valence-electron chi connectivity index (χ0n) is 13.3. The van der Waals surface area contributed by atoms with Gasteiger partial charge in [0.2, 0.25) is 0 Å². The first-order chi connectivity index (χ1) is 12.0. The maximum absolute atomic E-state index is 11.5. The summed E-state index contributed by atoms with van der Waals surface area (Å²) in [6, 6.07) is 8.16. The van der Waals surface area contributed by atoms with Crippen LogP contribution < -0.4 is 4.90 Å². The molecule has 4 N–H and O–H groups in total. The number of ether oxygens (including phenoxy) is 1. The van der Waals surface area contributed by atoms with Gasteiger partial charge in [0.1, 0.15) is 29.8 Å². The number of hydrogen-bond acceptors (Lipinski definition) is 7. The minimum Gasteiger partial charge on any atom is -0.465 e. The number of para-hydroxylation sites is 1. The molecule has 25 heavy (non-hydrogen) atoms. The van der Waals surface area contributed by atoms with Crippen molar-refractivity contribution in [2.45, 2.75) is 36.2 Å². The molecule has 1 fully saturated rings. The minimum absolute atomic E-state index is 0.215. The molecule has 0 aromatic heterocycles. The standard InChI is InChI=1S/C16H20N2O6S/c19-8-10-13(20)14(21)12-15(24-10)25-11(17-12)6-7-18(16(22)23)9-4-2-1-3-5-9/h1-5,10,12-15,19-21H,6-8H2,(H,22,23)/t10-,12-,13-,14-,15-/m1/s1. The molecule has 3 rings (SSSR count). The predicted octanol–water partition coefficient (Wildman–Crippen LogP) is 0.514. The molecule has 1 saturated heterocycles. The van der Waals surface area contributed by atoms with Gasteiger partial charge in [0.15, 0.2) is 0 Å². The molecule has 0 radical (unpaired) electrons. The van der Waals surface area contributed by atoms with Crippen molar-refractivity contribution in [1.29, 1.82) is 0 Å². The number of hydrogen-bond donors (Lipinski definition) is 4. The molecule has 9 heteroatoms. The van der Waals surface area contributed by atoms with E-state index in [4.69, 9.17) is 4.74 Å². The Hall–Kier alpha value is -1.65. The van der Waals surface area contributed by atoms with Crippen molar-refractivity contribution in [2.24, 2.45) is 4.99 Å². The van der Waals surface area contributed by atoms with Crippen LogP contribution in [-0.2, 0) is 4.74 Å². The molecule has 0 aliphatic carbocycles. The van der Waals surface area contributed by atoms with E-state index in [1.807, 2.05) is 6.07 Å². The Kier molecular flexibility index (Phi) is 5.60. The average molecular weight is 368 g/mol. The molecule has 1 aromatic rings. The van der Waals surface area contributed by atoms with E-state index in [2.05, 4.69) is 4.99 Å². The second kappa shape index (κ2) is 7.71. The SMILES string of the molecule is O=C(O)N(CCC1=N[C@@H]2[C@@H](O)[C@H](O)[C@@H](CO)O[C@@H]2S1)c1ccccc1. The number of carbonyl (C=O) groups is 1. The van der Waals surface area contributed by atoms with Crippen molar-refractivity contribution in [1.82, 2.24) is 0 Å². The van der Waals surface area contributed by atoms with Gasteiger partial charge in [-0.3, -0.25) is 9.89 Å². The maximum atomic E-state index is 11.5. The number of aliphatic imine (C=N–C) groups is 1. The predicted molar refractivity (Wildman–Crippen MR) is 93.0 cm³/mol. The molecule has 136 valence electrons. The van der Waals surface area contributed by atoms with Crippen LogP contribution in [0.5, 0.6) is 0 Å². The van der Waals surface area contributed by atoms with Gasteiger partial charge in [0, 0.05) is 18.7 Å². The highest BCUT2D eigenvalue weighted by molar-refractivity contribution is 8.14. The molecule has 2 heterocycles. The summed E-state index contributed by atoms with van der Waals surface area (Å²) in [6.07, 6.45) is -3.85. The van der Waals surface area contributed by atoms with Crippen molar-refractivity contribution in [2.75, 3.05) is 18.1 Å². The van der Waals surface area contributed by atoms with E-state index in [0.717, 1.165) is 0 Å². The molecule has 2 aliphatic heterocycles. The first-order valence-electron chi connectivity index (χ1n) is 7.92. The van der Waals surface area contributed by atoms with Gasteiger partial charge >= 0.3 is 6.09 Å². The topological polar surface area (TPSA) is 123 Å². The van der Waals surface area contributed by atoms with Crippen molar-refractivity contribution in [3.63, 3.8) is 0 Å². The molecular formula is C16H20N2O6S. The number of nitrogens with zero attached hydrogens (tertiary/aromatic N) is 2. The fourth-order valence-corrected chi connectivity index (χ4v) is 4.13. The van der Waals surface area contributed by atoms with Gasteiger partial charge in [-0.15, -0.1) is 0 Å². The van der Waals surface area contributed by atoms with E-state index in [1.165, 1.54) is 16.7 Å². The molecule has 8 nitrogen and oxygen atoms in total. The molecule has 0 unspecified atom stereocenters. The number of aliphatic hydroxyl groups is 3. The van der Waals surface area contributed by atoms with Gasteiger partial charge in [-0.2, -0.15) is 0 Å². The van der Waals surface area contributed by atoms with Crippen LogP contribution >= 0.6 is 11.8 Å². The molecule has 1 amide bonds. The van der Waals surface area contributed by atoms with Crippen LogP contribution in [0.15, 0.2) is 35.3 Å². The molecular weight excluding hydrogens is 348 g/mol. The fourth-order valence-electron chi connectivity index (χ4n) is 2.91. The minimum atomic E-state index is -1.20. The Labute approximate surface area is 148 Å². The van der Waals surface area contributed by atoms with Crippen LogP contribution in [-0.4, -0.2) is 74.5 Å². The Morgan fingerprint density at radius 2 is 1.96 bits per heavy atom. The Balaban J connectivity index is 1.65. The summed E-state index contributed by atoms with van der Waals surface area (Å²) in [5.41, 5.74) is 0.0867. The van der Waals surface area contributed by atoms with E-state index >= 15 is 0 Å². The lowest BCUT2D eigenvalue weighted by Crippen LogP contribution is -2.55. The summed E-state index contributed by atoms with van der Waals surface area (Å²) in [5.74, 6) is 0.